The Balaban J connectivity index is 1.68. The zero-order chi connectivity index (χ0) is 23.3. The minimum absolute atomic E-state index is 0.131. The molecule has 1 atom stereocenters. The Morgan fingerprint density at radius 2 is 2.06 bits per heavy atom. The van der Waals surface area contributed by atoms with E-state index in [4.69, 9.17) is 14.2 Å². The monoisotopic (exact) mass is 448 g/mol. The van der Waals surface area contributed by atoms with Crippen molar-refractivity contribution in [3.05, 3.63) is 57.8 Å². The topological polar surface area (TPSA) is 52.9 Å². The van der Waals surface area contributed by atoms with Gasteiger partial charge in [-0.2, -0.15) is 0 Å². The van der Waals surface area contributed by atoms with E-state index in [9.17, 15) is 4.79 Å². The summed E-state index contributed by atoms with van der Waals surface area (Å²) in [5, 5.41) is 0.985. The summed E-state index contributed by atoms with van der Waals surface area (Å²) < 4.78 is 19.8. The largest absolute Gasteiger partial charge is 0.497 e. The first-order valence-electron chi connectivity index (χ1n) is 11.9. The van der Waals surface area contributed by atoms with Crippen LogP contribution in [0.25, 0.3) is 10.9 Å². The van der Waals surface area contributed by atoms with E-state index in [-0.39, 0.29) is 12.2 Å². The third-order valence-corrected chi connectivity index (χ3v) is 7.02. The van der Waals surface area contributed by atoms with Crippen LogP contribution in [0.15, 0.2) is 24.3 Å². The zero-order valence-electron chi connectivity index (χ0n) is 20.2. The summed E-state index contributed by atoms with van der Waals surface area (Å²) >= 11 is 0. The van der Waals surface area contributed by atoms with Gasteiger partial charge in [-0.25, -0.2) is 4.79 Å². The number of ether oxygens (including phenoxy) is 3. The van der Waals surface area contributed by atoms with Gasteiger partial charge < -0.3 is 18.8 Å². The van der Waals surface area contributed by atoms with Crippen LogP contribution < -0.4 is 9.47 Å². The van der Waals surface area contributed by atoms with Crippen molar-refractivity contribution < 1.29 is 19.0 Å². The number of hydrogen-bond donors (Lipinski definition) is 0. The Labute approximate surface area is 195 Å². The molecule has 6 heteroatoms. The minimum atomic E-state index is -0.240. The Kier molecular flexibility index (Phi) is 5.57. The molecule has 33 heavy (non-hydrogen) atoms. The molecular formula is C27H32N2O4. The molecule has 2 aromatic carbocycles. The number of nitrogens with zero attached hydrogens (tertiary/aromatic N) is 2. The molecule has 6 nitrogen and oxygen atoms in total. The summed E-state index contributed by atoms with van der Waals surface area (Å²) in [6.07, 6.45) is 2.60. The number of fused-ring (bicyclic) bond motifs is 6. The minimum Gasteiger partial charge on any atom is -0.497 e. The van der Waals surface area contributed by atoms with E-state index in [2.05, 4.69) is 48.6 Å². The number of hydrogen-bond acceptors (Lipinski definition) is 5. The van der Waals surface area contributed by atoms with Crippen molar-refractivity contribution in [1.29, 1.82) is 0 Å². The summed E-state index contributed by atoms with van der Waals surface area (Å²) in [5.74, 6) is 1.53. The number of aryl methyl sites for hydroxylation is 2. The van der Waals surface area contributed by atoms with Gasteiger partial charge >= 0.3 is 5.97 Å². The predicted octanol–water partition coefficient (Wildman–Crippen LogP) is 5.07. The fourth-order valence-electron chi connectivity index (χ4n) is 5.48. The Morgan fingerprint density at radius 1 is 1.24 bits per heavy atom. The van der Waals surface area contributed by atoms with Crippen LogP contribution in [0.3, 0.4) is 0 Å². The molecule has 2 aliphatic rings. The van der Waals surface area contributed by atoms with E-state index in [1.54, 1.807) is 7.11 Å². The van der Waals surface area contributed by atoms with Crippen LogP contribution in [-0.2, 0) is 31.2 Å². The first kappa shape index (κ1) is 21.8. The molecule has 2 aliphatic heterocycles. The molecule has 174 valence electrons. The number of esters is 1. The van der Waals surface area contributed by atoms with E-state index >= 15 is 0 Å². The van der Waals surface area contributed by atoms with Crippen LogP contribution in [0.2, 0.25) is 0 Å². The van der Waals surface area contributed by atoms with Gasteiger partial charge in [0.25, 0.3) is 0 Å². The van der Waals surface area contributed by atoms with Gasteiger partial charge in [0.15, 0.2) is 6.23 Å². The number of rotatable bonds is 5. The lowest BCUT2D eigenvalue weighted by atomic mass is 9.93. The van der Waals surface area contributed by atoms with Gasteiger partial charge in [0.2, 0.25) is 0 Å². The first-order chi connectivity index (χ1) is 16.0. The standard InChI is InChI=1S/C27H32N2O4/c1-6-8-21-24(27(30)32-7-2)23-20-15-29-12-11-17-14-18(31-5)9-10-19(17)26(29)33-25(20)16(3)13-22(23)28(21)4/h9-10,13-14,26H,6-8,11-12,15H2,1-5H3. The molecule has 0 radical (unpaired) electrons. The molecule has 3 aromatic rings. The van der Waals surface area contributed by atoms with Crippen LogP contribution >= 0.6 is 0 Å². The van der Waals surface area contributed by atoms with Gasteiger partial charge in [-0.15, -0.1) is 0 Å². The van der Waals surface area contributed by atoms with Crippen molar-refractivity contribution >= 4 is 16.9 Å². The molecule has 0 aliphatic carbocycles. The van der Waals surface area contributed by atoms with E-state index in [1.165, 1.54) is 11.1 Å². The molecule has 3 heterocycles. The zero-order valence-corrected chi connectivity index (χ0v) is 20.2. The predicted molar refractivity (Wildman–Crippen MR) is 128 cm³/mol. The highest BCUT2D eigenvalue weighted by molar-refractivity contribution is 6.08. The summed E-state index contributed by atoms with van der Waals surface area (Å²) in [6, 6.07) is 8.40. The Bertz CT molecular complexity index is 1240. The van der Waals surface area contributed by atoms with Gasteiger partial charge in [-0.05, 0) is 62.1 Å². The van der Waals surface area contributed by atoms with E-state index in [0.29, 0.717) is 12.2 Å². The van der Waals surface area contributed by atoms with Gasteiger partial charge in [-0.3, -0.25) is 4.90 Å². The lowest BCUT2D eigenvalue weighted by molar-refractivity contribution is -0.0102. The van der Waals surface area contributed by atoms with Crippen molar-refractivity contribution in [2.75, 3.05) is 20.3 Å². The van der Waals surface area contributed by atoms with Crippen molar-refractivity contribution in [3.8, 4) is 11.5 Å². The molecule has 1 aromatic heterocycles. The Hall–Kier alpha value is -2.99. The quantitative estimate of drug-likeness (QED) is 0.510. The molecule has 0 N–H and O–H groups in total. The molecule has 0 saturated carbocycles. The normalized spacial score (nSPS) is 17.2. The van der Waals surface area contributed by atoms with Gasteiger partial charge in [-0.1, -0.05) is 13.3 Å². The van der Waals surface area contributed by atoms with Crippen LogP contribution in [0.1, 0.15) is 64.8 Å². The molecule has 0 bridgehead atoms. The summed E-state index contributed by atoms with van der Waals surface area (Å²) in [7, 11) is 3.76. The summed E-state index contributed by atoms with van der Waals surface area (Å²) in [6.45, 7) is 8.09. The number of methoxy groups -OCH3 is 1. The van der Waals surface area contributed by atoms with Crippen LogP contribution in [0, 0.1) is 6.92 Å². The summed E-state index contributed by atoms with van der Waals surface area (Å²) in [4.78, 5) is 15.5. The second-order valence-electron chi connectivity index (χ2n) is 9.00. The molecule has 5 rings (SSSR count). The maximum atomic E-state index is 13.1. The smallest absolute Gasteiger partial charge is 0.340 e. The first-order valence-corrected chi connectivity index (χ1v) is 11.9. The maximum Gasteiger partial charge on any atom is 0.340 e. The average Bonchev–Trinajstić information content (AvgIpc) is 3.09. The molecule has 0 spiro atoms. The summed E-state index contributed by atoms with van der Waals surface area (Å²) in [5.41, 5.74) is 7.47. The highest BCUT2D eigenvalue weighted by Gasteiger charge is 2.37. The fraction of sp³-hybridized carbons (Fsp3) is 0.444. The highest BCUT2D eigenvalue weighted by Crippen LogP contribution is 2.46. The highest BCUT2D eigenvalue weighted by atomic mass is 16.5. The third-order valence-electron chi connectivity index (χ3n) is 7.02. The number of benzene rings is 2. The van der Waals surface area contributed by atoms with Gasteiger partial charge in [0.05, 0.1) is 19.3 Å². The number of aromatic nitrogens is 1. The number of carbonyl (C=O) groups excluding carboxylic acids is 1. The molecule has 0 saturated heterocycles. The van der Waals surface area contributed by atoms with Crippen molar-refractivity contribution in [2.24, 2.45) is 7.05 Å². The molecule has 0 amide bonds. The van der Waals surface area contributed by atoms with Crippen molar-refractivity contribution in [2.45, 2.75) is 52.8 Å². The molecule has 1 unspecified atom stereocenters. The lowest BCUT2D eigenvalue weighted by Crippen LogP contribution is -2.41. The van der Waals surface area contributed by atoms with Crippen LogP contribution in [-0.4, -0.2) is 35.7 Å². The van der Waals surface area contributed by atoms with Gasteiger partial charge in [0.1, 0.15) is 11.5 Å². The van der Waals surface area contributed by atoms with Crippen LogP contribution in [0.4, 0.5) is 0 Å². The fourth-order valence-corrected chi connectivity index (χ4v) is 5.48. The van der Waals surface area contributed by atoms with E-state index < -0.39 is 0 Å². The number of carbonyl (C=O) groups is 1. The average molecular weight is 449 g/mol. The molecule has 0 fully saturated rings. The van der Waals surface area contributed by atoms with Gasteiger partial charge in [0, 0.05) is 47.9 Å². The molecular weight excluding hydrogens is 416 g/mol. The SMILES string of the molecule is CCCc1c(C(=O)OCC)c2c3c(c(C)cc2n1C)OC1c2ccc(OC)cc2CCN1C3. The maximum absolute atomic E-state index is 13.1. The third kappa shape index (κ3) is 3.39. The van der Waals surface area contributed by atoms with Crippen molar-refractivity contribution in [3.63, 3.8) is 0 Å². The van der Waals surface area contributed by atoms with E-state index in [0.717, 1.165) is 71.6 Å². The van der Waals surface area contributed by atoms with E-state index in [1.807, 2.05) is 13.0 Å². The lowest BCUT2D eigenvalue weighted by Gasteiger charge is -2.42. The second-order valence-corrected chi connectivity index (χ2v) is 9.00. The van der Waals surface area contributed by atoms with Crippen molar-refractivity contribution in [1.82, 2.24) is 9.47 Å². The Morgan fingerprint density at radius 3 is 2.79 bits per heavy atom. The second kappa shape index (κ2) is 8.41. The van der Waals surface area contributed by atoms with Crippen LogP contribution in [0.5, 0.6) is 11.5 Å².